The van der Waals surface area contributed by atoms with Gasteiger partial charge in [0.15, 0.2) is 0 Å². The minimum absolute atomic E-state index is 0.186. The summed E-state index contributed by atoms with van der Waals surface area (Å²) in [5.41, 5.74) is 7.40. The summed E-state index contributed by atoms with van der Waals surface area (Å²) in [5.74, 6) is -1.34. The molecule has 5 nitrogen and oxygen atoms in total. The first-order valence-corrected chi connectivity index (χ1v) is 5.72. The van der Waals surface area contributed by atoms with Crippen LogP contribution in [-0.2, 0) is 4.79 Å². The Balaban J connectivity index is 3.10. The maximum absolute atomic E-state index is 12.3. The average molecular weight is 250 g/mol. The lowest BCUT2D eigenvalue weighted by Crippen LogP contribution is -2.41. The van der Waals surface area contributed by atoms with E-state index in [0.29, 0.717) is 16.8 Å². The van der Waals surface area contributed by atoms with E-state index in [9.17, 15) is 9.59 Å². The lowest BCUT2D eigenvalue weighted by molar-refractivity contribution is -0.138. The molecule has 1 amide bonds. The van der Waals surface area contributed by atoms with Crippen LogP contribution in [0.5, 0.6) is 0 Å². The van der Waals surface area contributed by atoms with E-state index >= 15 is 0 Å². The maximum Gasteiger partial charge on any atom is 0.323 e. The molecule has 0 bridgehead atoms. The molecule has 0 aliphatic rings. The SMILES string of the molecule is Cc1c(N)cccc1C(=O)N(CC(=O)O)C(C)C. The van der Waals surface area contributed by atoms with Crippen molar-refractivity contribution in [3.63, 3.8) is 0 Å². The maximum atomic E-state index is 12.3. The number of hydrogen-bond acceptors (Lipinski definition) is 3. The zero-order valence-corrected chi connectivity index (χ0v) is 10.8. The molecule has 0 atom stereocenters. The summed E-state index contributed by atoms with van der Waals surface area (Å²) >= 11 is 0. The first kappa shape index (κ1) is 14.0. The topological polar surface area (TPSA) is 83.6 Å². The van der Waals surface area contributed by atoms with Gasteiger partial charge in [-0.3, -0.25) is 9.59 Å². The Bertz CT molecular complexity index is 469. The summed E-state index contributed by atoms with van der Waals surface area (Å²) < 4.78 is 0. The molecule has 0 saturated carbocycles. The normalized spacial score (nSPS) is 10.4. The van der Waals surface area contributed by atoms with Gasteiger partial charge in [0.2, 0.25) is 0 Å². The summed E-state index contributed by atoms with van der Waals surface area (Å²) in [5, 5.41) is 8.83. The number of benzene rings is 1. The number of carbonyl (C=O) groups is 2. The van der Waals surface area contributed by atoms with Crippen LogP contribution in [0.25, 0.3) is 0 Å². The smallest absolute Gasteiger partial charge is 0.323 e. The second-order valence-electron chi connectivity index (χ2n) is 4.44. The highest BCUT2D eigenvalue weighted by Crippen LogP contribution is 2.18. The molecule has 18 heavy (non-hydrogen) atoms. The lowest BCUT2D eigenvalue weighted by atomic mass is 10.1. The molecule has 3 N–H and O–H groups in total. The standard InChI is InChI=1S/C13H18N2O3/c1-8(2)15(7-12(16)17)13(18)10-5-4-6-11(14)9(10)3/h4-6,8H,7,14H2,1-3H3,(H,16,17). The Kier molecular flexibility index (Phi) is 4.31. The first-order chi connectivity index (χ1) is 8.34. The van der Waals surface area contributed by atoms with Crippen LogP contribution in [0.3, 0.4) is 0 Å². The summed E-state index contributed by atoms with van der Waals surface area (Å²) in [6, 6.07) is 4.87. The minimum Gasteiger partial charge on any atom is -0.480 e. The van der Waals surface area contributed by atoms with Crippen molar-refractivity contribution in [1.82, 2.24) is 4.90 Å². The quantitative estimate of drug-likeness (QED) is 0.793. The number of carboxylic acid groups (broad SMARTS) is 1. The van der Waals surface area contributed by atoms with Gasteiger partial charge in [0.05, 0.1) is 0 Å². The van der Waals surface area contributed by atoms with Gasteiger partial charge in [-0.2, -0.15) is 0 Å². The summed E-state index contributed by atoms with van der Waals surface area (Å²) in [4.78, 5) is 24.4. The number of hydrogen-bond donors (Lipinski definition) is 2. The molecule has 0 radical (unpaired) electrons. The van der Waals surface area contributed by atoms with Crippen LogP contribution in [0.15, 0.2) is 18.2 Å². The van der Waals surface area contributed by atoms with Crippen molar-refractivity contribution in [2.24, 2.45) is 0 Å². The highest BCUT2D eigenvalue weighted by Gasteiger charge is 2.22. The third-order valence-electron chi connectivity index (χ3n) is 2.80. The number of carbonyl (C=O) groups excluding carboxylic acids is 1. The molecular formula is C13H18N2O3. The fraction of sp³-hybridized carbons (Fsp3) is 0.385. The molecule has 0 fully saturated rings. The zero-order chi connectivity index (χ0) is 13.9. The monoisotopic (exact) mass is 250 g/mol. The molecule has 0 spiro atoms. The highest BCUT2D eigenvalue weighted by molar-refractivity contribution is 5.98. The summed E-state index contributed by atoms with van der Waals surface area (Å²) in [6.07, 6.45) is 0. The van der Waals surface area contributed by atoms with Crippen molar-refractivity contribution < 1.29 is 14.7 Å². The molecule has 1 rings (SSSR count). The predicted molar refractivity (Wildman–Crippen MR) is 69.4 cm³/mol. The van der Waals surface area contributed by atoms with Crippen molar-refractivity contribution in [3.8, 4) is 0 Å². The van der Waals surface area contributed by atoms with Crippen molar-refractivity contribution in [2.45, 2.75) is 26.8 Å². The summed E-state index contributed by atoms with van der Waals surface area (Å²) in [7, 11) is 0. The van der Waals surface area contributed by atoms with Gasteiger partial charge in [-0.15, -0.1) is 0 Å². The van der Waals surface area contributed by atoms with Crippen LogP contribution < -0.4 is 5.73 Å². The minimum atomic E-state index is -1.03. The zero-order valence-electron chi connectivity index (χ0n) is 10.8. The van der Waals surface area contributed by atoms with Crippen molar-refractivity contribution in [3.05, 3.63) is 29.3 Å². The number of carboxylic acids is 1. The van der Waals surface area contributed by atoms with Crippen LogP contribution in [0.1, 0.15) is 29.8 Å². The molecule has 0 aliphatic carbocycles. The van der Waals surface area contributed by atoms with Gasteiger partial charge in [-0.05, 0) is 38.5 Å². The second kappa shape index (κ2) is 5.53. The van der Waals surface area contributed by atoms with E-state index in [-0.39, 0.29) is 18.5 Å². The van der Waals surface area contributed by atoms with E-state index in [1.165, 1.54) is 4.90 Å². The molecule has 0 unspecified atom stereocenters. The fourth-order valence-corrected chi connectivity index (χ4v) is 1.67. The number of aliphatic carboxylic acids is 1. The predicted octanol–water partition coefficient (Wildman–Crippen LogP) is 1.51. The van der Waals surface area contributed by atoms with Crippen molar-refractivity contribution in [2.75, 3.05) is 12.3 Å². The van der Waals surface area contributed by atoms with Crippen molar-refractivity contribution in [1.29, 1.82) is 0 Å². The Labute approximate surface area is 106 Å². The van der Waals surface area contributed by atoms with Crippen molar-refractivity contribution >= 4 is 17.6 Å². The fourth-order valence-electron chi connectivity index (χ4n) is 1.67. The van der Waals surface area contributed by atoms with Crippen LogP contribution in [0.4, 0.5) is 5.69 Å². The van der Waals surface area contributed by atoms with E-state index in [0.717, 1.165) is 0 Å². The van der Waals surface area contributed by atoms with Gasteiger partial charge < -0.3 is 15.7 Å². The molecule has 0 heterocycles. The lowest BCUT2D eigenvalue weighted by Gasteiger charge is -2.25. The molecule has 98 valence electrons. The van der Waals surface area contributed by atoms with Gasteiger partial charge in [-0.25, -0.2) is 0 Å². The van der Waals surface area contributed by atoms with Crippen LogP contribution in [-0.4, -0.2) is 34.5 Å². The second-order valence-corrected chi connectivity index (χ2v) is 4.44. The van der Waals surface area contributed by atoms with Gasteiger partial charge >= 0.3 is 5.97 Å². The van der Waals surface area contributed by atoms with Crippen LogP contribution >= 0.6 is 0 Å². The Morgan fingerprint density at radius 2 is 2.00 bits per heavy atom. The Morgan fingerprint density at radius 3 is 2.50 bits per heavy atom. The number of nitrogens with zero attached hydrogens (tertiary/aromatic N) is 1. The molecular weight excluding hydrogens is 232 g/mol. The highest BCUT2D eigenvalue weighted by atomic mass is 16.4. The molecule has 1 aromatic rings. The third kappa shape index (κ3) is 3.00. The van der Waals surface area contributed by atoms with Gasteiger partial charge in [0, 0.05) is 17.3 Å². The summed E-state index contributed by atoms with van der Waals surface area (Å²) in [6.45, 7) is 5.00. The van der Waals surface area contributed by atoms with Crippen LogP contribution in [0, 0.1) is 6.92 Å². The number of rotatable bonds is 4. The van der Waals surface area contributed by atoms with E-state index < -0.39 is 5.97 Å². The molecule has 1 aromatic carbocycles. The van der Waals surface area contributed by atoms with Crippen LogP contribution in [0.2, 0.25) is 0 Å². The molecule has 0 aliphatic heterocycles. The van der Waals surface area contributed by atoms with Gasteiger partial charge in [0.25, 0.3) is 5.91 Å². The number of nitrogens with two attached hydrogens (primary N) is 1. The molecule has 0 saturated heterocycles. The Hall–Kier alpha value is -2.04. The molecule has 5 heteroatoms. The van der Waals surface area contributed by atoms with E-state index in [1.54, 1.807) is 39.0 Å². The molecule has 0 aromatic heterocycles. The van der Waals surface area contributed by atoms with Gasteiger partial charge in [-0.1, -0.05) is 6.07 Å². The van der Waals surface area contributed by atoms with E-state index in [4.69, 9.17) is 10.8 Å². The third-order valence-corrected chi connectivity index (χ3v) is 2.80. The number of anilines is 1. The van der Waals surface area contributed by atoms with E-state index in [1.807, 2.05) is 0 Å². The average Bonchev–Trinajstić information content (AvgIpc) is 2.28. The number of nitrogen functional groups attached to an aromatic ring is 1. The van der Waals surface area contributed by atoms with E-state index in [2.05, 4.69) is 0 Å². The largest absolute Gasteiger partial charge is 0.480 e. The van der Waals surface area contributed by atoms with Gasteiger partial charge in [0.1, 0.15) is 6.54 Å². The number of amides is 1. The Morgan fingerprint density at radius 1 is 1.39 bits per heavy atom. The first-order valence-electron chi connectivity index (χ1n) is 5.72.